The summed E-state index contributed by atoms with van der Waals surface area (Å²) >= 11 is 0. The van der Waals surface area contributed by atoms with Crippen molar-refractivity contribution >= 4 is 0 Å². The Bertz CT molecular complexity index is 419. The minimum absolute atomic E-state index is 0.00981. The van der Waals surface area contributed by atoms with Crippen LogP contribution in [0.5, 0.6) is 0 Å². The summed E-state index contributed by atoms with van der Waals surface area (Å²) < 4.78 is 0. The molecule has 0 aromatic heterocycles. The second-order valence-corrected chi connectivity index (χ2v) is 8.52. The molecule has 0 unspecified atom stereocenters. The topological polar surface area (TPSA) is 60.7 Å². The van der Waals surface area contributed by atoms with Gasteiger partial charge < -0.3 is 15.3 Å². The van der Waals surface area contributed by atoms with E-state index in [0.29, 0.717) is 24.4 Å². The van der Waals surface area contributed by atoms with Crippen LogP contribution in [0.15, 0.2) is 11.6 Å². The maximum Gasteiger partial charge on any atom is 0.0642 e. The van der Waals surface area contributed by atoms with Gasteiger partial charge in [0.05, 0.1) is 13.2 Å². The molecule has 0 saturated heterocycles. The molecule has 2 fully saturated rings. The van der Waals surface area contributed by atoms with Gasteiger partial charge in [0, 0.05) is 6.61 Å². The average Bonchev–Trinajstić information content (AvgIpc) is 2.55. The first-order valence-corrected chi connectivity index (χ1v) is 9.42. The first-order valence-electron chi connectivity index (χ1n) is 9.42. The van der Waals surface area contributed by atoms with Crippen LogP contribution in [0, 0.1) is 28.6 Å². The maximum absolute atomic E-state index is 9.89. The summed E-state index contributed by atoms with van der Waals surface area (Å²) in [6.07, 6.45) is 9.83. The Morgan fingerprint density at radius 2 is 1.87 bits per heavy atom. The van der Waals surface area contributed by atoms with E-state index >= 15 is 0 Å². The van der Waals surface area contributed by atoms with Crippen molar-refractivity contribution in [2.45, 2.75) is 65.7 Å². The van der Waals surface area contributed by atoms with Crippen LogP contribution in [-0.2, 0) is 0 Å². The van der Waals surface area contributed by atoms with Gasteiger partial charge in [0.15, 0.2) is 0 Å². The van der Waals surface area contributed by atoms with E-state index in [1.54, 1.807) is 6.08 Å². The van der Waals surface area contributed by atoms with Gasteiger partial charge in [-0.15, -0.1) is 0 Å². The highest BCUT2D eigenvalue weighted by Crippen LogP contribution is 2.63. The first-order chi connectivity index (χ1) is 10.9. The van der Waals surface area contributed by atoms with Crippen LogP contribution in [0.2, 0.25) is 0 Å². The van der Waals surface area contributed by atoms with Gasteiger partial charge in [0.1, 0.15) is 0 Å². The fourth-order valence-electron chi connectivity index (χ4n) is 5.70. The summed E-state index contributed by atoms with van der Waals surface area (Å²) in [4.78, 5) is 0. The fraction of sp³-hybridized carbons (Fsp3) is 0.900. The molecule has 3 heteroatoms. The molecular formula is C20H36O3. The van der Waals surface area contributed by atoms with Crippen molar-refractivity contribution in [1.82, 2.24) is 0 Å². The molecule has 134 valence electrons. The molecule has 0 amide bonds. The third-order valence-electron chi connectivity index (χ3n) is 7.60. The van der Waals surface area contributed by atoms with Crippen molar-refractivity contribution in [3.8, 4) is 0 Å². The molecule has 5 atom stereocenters. The molecular weight excluding hydrogens is 288 g/mol. The quantitative estimate of drug-likeness (QED) is 0.655. The Morgan fingerprint density at radius 3 is 2.48 bits per heavy atom. The third-order valence-corrected chi connectivity index (χ3v) is 7.60. The zero-order valence-electron chi connectivity index (χ0n) is 15.2. The molecule has 23 heavy (non-hydrogen) atoms. The minimum atomic E-state index is 0.00981. The molecule has 0 aromatic carbocycles. The van der Waals surface area contributed by atoms with Crippen LogP contribution in [0.1, 0.15) is 65.7 Å². The van der Waals surface area contributed by atoms with E-state index in [9.17, 15) is 10.2 Å². The summed E-state index contributed by atoms with van der Waals surface area (Å²) in [5.74, 6) is 1.77. The van der Waals surface area contributed by atoms with E-state index in [4.69, 9.17) is 5.11 Å². The summed E-state index contributed by atoms with van der Waals surface area (Å²) in [5.41, 5.74) is 1.47. The second-order valence-electron chi connectivity index (χ2n) is 8.52. The monoisotopic (exact) mass is 324 g/mol. The van der Waals surface area contributed by atoms with Gasteiger partial charge in [0.2, 0.25) is 0 Å². The van der Waals surface area contributed by atoms with Crippen molar-refractivity contribution in [1.29, 1.82) is 0 Å². The standard InChI is InChI=1S/C20H36O3/c1-15-7-10-20(3)17(14-23)5-4-6-18(20)19(15,2)11-8-16(13-22)9-12-21/h9,15,17-18,21-23H,4-8,10-14H2,1-3H3/b16-9-/t15-,17+,18-,19+,20-/m1/s1. The number of hydrogen-bond donors (Lipinski definition) is 3. The number of rotatable bonds is 6. The van der Waals surface area contributed by atoms with Gasteiger partial charge in [0.25, 0.3) is 0 Å². The van der Waals surface area contributed by atoms with E-state index in [1.165, 1.54) is 32.1 Å². The number of aliphatic hydroxyl groups is 3. The minimum Gasteiger partial charge on any atom is -0.396 e. The number of fused-ring (bicyclic) bond motifs is 1. The van der Waals surface area contributed by atoms with Crippen molar-refractivity contribution in [2.75, 3.05) is 19.8 Å². The van der Waals surface area contributed by atoms with Gasteiger partial charge in [-0.05, 0) is 72.7 Å². The van der Waals surface area contributed by atoms with E-state index < -0.39 is 0 Å². The lowest BCUT2D eigenvalue weighted by atomic mass is 9.44. The molecule has 0 spiro atoms. The number of hydrogen-bond acceptors (Lipinski definition) is 3. The highest BCUT2D eigenvalue weighted by Gasteiger charge is 2.55. The zero-order chi connectivity index (χ0) is 17.1. The summed E-state index contributed by atoms with van der Waals surface area (Å²) in [5, 5.41) is 28.5. The van der Waals surface area contributed by atoms with E-state index in [1.807, 2.05) is 0 Å². The predicted molar refractivity (Wildman–Crippen MR) is 94.0 cm³/mol. The molecule has 0 aliphatic heterocycles. The lowest BCUT2D eigenvalue weighted by Gasteiger charge is -2.60. The van der Waals surface area contributed by atoms with Gasteiger partial charge in [-0.2, -0.15) is 0 Å². The van der Waals surface area contributed by atoms with Crippen molar-refractivity contribution in [3.63, 3.8) is 0 Å². The highest BCUT2D eigenvalue weighted by molar-refractivity contribution is 5.08. The van der Waals surface area contributed by atoms with Crippen LogP contribution in [-0.4, -0.2) is 35.1 Å². The fourth-order valence-corrected chi connectivity index (χ4v) is 5.70. The molecule has 2 aliphatic carbocycles. The lowest BCUT2D eigenvalue weighted by Crippen LogP contribution is -2.53. The predicted octanol–water partition coefficient (Wildman–Crippen LogP) is 3.53. The summed E-state index contributed by atoms with van der Waals surface area (Å²) in [7, 11) is 0. The van der Waals surface area contributed by atoms with Crippen LogP contribution in [0.4, 0.5) is 0 Å². The lowest BCUT2D eigenvalue weighted by molar-refractivity contribution is -0.122. The maximum atomic E-state index is 9.89. The average molecular weight is 325 g/mol. The van der Waals surface area contributed by atoms with Crippen LogP contribution >= 0.6 is 0 Å². The number of aliphatic hydroxyl groups excluding tert-OH is 3. The molecule has 2 aliphatic rings. The largest absolute Gasteiger partial charge is 0.396 e. The van der Waals surface area contributed by atoms with E-state index in [2.05, 4.69) is 20.8 Å². The van der Waals surface area contributed by atoms with E-state index in [-0.39, 0.29) is 24.0 Å². The Morgan fingerprint density at radius 1 is 1.13 bits per heavy atom. The molecule has 0 radical (unpaired) electrons. The smallest absolute Gasteiger partial charge is 0.0642 e. The Balaban J connectivity index is 2.21. The Hall–Kier alpha value is -0.380. The van der Waals surface area contributed by atoms with Crippen molar-refractivity contribution in [2.24, 2.45) is 28.6 Å². The van der Waals surface area contributed by atoms with Gasteiger partial charge in [-0.25, -0.2) is 0 Å². The second kappa shape index (κ2) is 7.67. The zero-order valence-corrected chi connectivity index (χ0v) is 15.2. The first kappa shape index (κ1) is 19.0. The van der Waals surface area contributed by atoms with Crippen molar-refractivity contribution < 1.29 is 15.3 Å². The van der Waals surface area contributed by atoms with Gasteiger partial charge >= 0.3 is 0 Å². The SMILES string of the molecule is C[C@@H]1CC[C@]2(C)[C@H](CO)CCC[C@@H]2[C@@]1(C)CC/C(=C/CO)CO. The molecule has 0 heterocycles. The van der Waals surface area contributed by atoms with Gasteiger partial charge in [-0.1, -0.05) is 33.3 Å². The summed E-state index contributed by atoms with van der Waals surface area (Å²) in [6.45, 7) is 7.62. The van der Waals surface area contributed by atoms with Crippen molar-refractivity contribution in [3.05, 3.63) is 11.6 Å². The Kier molecular flexibility index (Phi) is 6.32. The molecule has 0 bridgehead atoms. The molecule has 3 N–H and O–H groups in total. The van der Waals surface area contributed by atoms with Crippen LogP contribution in [0.3, 0.4) is 0 Å². The van der Waals surface area contributed by atoms with Crippen LogP contribution in [0.25, 0.3) is 0 Å². The van der Waals surface area contributed by atoms with Gasteiger partial charge in [-0.3, -0.25) is 0 Å². The van der Waals surface area contributed by atoms with E-state index in [0.717, 1.165) is 18.4 Å². The molecule has 0 aromatic rings. The molecule has 2 rings (SSSR count). The Labute approximate surface area is 141 Å². The summed E-state index contributed by atoms with van der Waals surface area (Å²) in [6, 6.07) is 0. The molecule has 2 saturated carbocycles. The normalized spacial score (nSPS) is 41.7. The molecule has 3 nitrogen and oxygen atoms in total. The van der Waals surface area contributed by atoms with Crippen LogP contribution < -0.4 is 0 Å². The third kappa shape index (κ3) is 3.52. The highest BCUT2D eigenvalue weighted by atomic mass is 16.3.